The average Bonchev–Trinajstić information content (AvgIpc) is 2.98. The summed E-state index contributed by atoms with van der Waals surface area (Å²) in [5.74, 6) is 6.11. The first-order valence-corrected chi connectivity index (χ1v) is 8.71. The van der Waals surface area contributed by atoms with E-state index in [1.165, 1.54) is 0 Å². The van der Waals surface area contributed by atoms with Crippen molar-refractivity contribution in [3.05, 3.63) is 65.7 Å². The fourth-order valence-electron chi connectivity index (χ4n) is 2.50. The molecular weight excluding hydrogens is 312 g/mol. The fourth-order valence-corrected chi connectivity index (χ4v) is 2.50. The van der Waals surface area contributed by atoms with Crippen molar-refractivity contribution in [3.8, 4) is 17.6 Å². The number of rotatable bonds is 2. The summed E-state index contributed by atoms with van der Waals surface area (Å²) in [6.07, 6.45) is -0.0515. The molecule has 1 aliphatic heterocycles. The number of hydrogen-bond donors (Lipinski definition) is 0. The first kappa shape index (κ1) is 19.1. The van der Waals surface area contributed by atoms with Gasteiger partial charge in [-0.3, -0.25) is 0 Å². The Hall–Kier alpha value is -2.28. The molecule has 0 radical (unpaired) electrons. The van der Waals surface area contributed by atoms with Crippen LogP contribution in [-0.2, 0) is 15.3 Å². The zero-order valence-electron chi connectivity index (χ0n) is 15.6. The van der Waals surface area contributed by atoms with Crippen LogP contribution in [0.2, 0.25) is 0 Å². The van der Waals surface area contributed by atoms with E-state index in [0.717, 1.165) is 16.9 Å². The van der Waals surface area contributed by atoms with Crippen LogP contribution in [0.3, 0.4) is 0 Å². The average molecular weight is 338 g/mol. The first-order chi connectivity index (χ1) is 12.1. The summed E-state index contributed by atoms with van der Waals surface area (Å²) in [7, 11) is 1.65. The van der Waals surface area contributed by atoms with Gasteiger partial charge in [0.05, 0.1) is 19.3 Å². The van der Waals surface area contributed by atoms with E-state index in [4.69, 9.17) is 14.2 Å². The largest absolute Gasteiger partial charge is 0.497 e. The molecular formula is C22H26O3. The molecule has 3 heteroatoms. The second-order valence-corrected chi connectivity index (χ2v) is 5.61. The van der Waals surface area contributed by atoms with E-state index in [1.807, 2.05) is 82.3 Å². The van der Waals surface area contributed by atoms with Gasteiger partial charge in [0.15, 0.2) is 0 Å². The first-order valence-electron chi connectivity index (χ1n) is 8.71. The smallest absolute Gasteiger partial charge is 0.262 e. The maximum Gasteiger partial charge on any atom is 0.262 e. The third kappa shape index (κ3) is 4.42. The predicted octanol–water partition coefficient (Wildman–Crippen LogP) is 4.75. The van der Waals surface area contributed by atoms with Crippen molar-refractivity contribution < 1.29 is 14.2 Å². The highest BCUT2D eigenvalue weighted by atomic mass is 16.8. The molecule has 25 heavy (non-hydrogen) atoms. The highest BCUT2D eigenvalue weighted by Gasteiger charge is 2.44. The Labute approximate surface area is 150 Å². The Kier molecular flexibility index (Phi) is 6.64. The second-order valence-electron chi connectivity index (χ2n) is 5.61. The van der Waals surface area contributed by atoms with Crippen LogP contribution in [0.4, 0.5) is 0 Å². The van der Waals surface area contributed by atoms with Crippen LogP contribution < -0.4 is 4.74 Å². The number of hydrogen-bond acceptors (Lipinski definition) is 3. The molecule has 2 unspecified atom stereocenters. The zero-order valence-corrected chi connectivity index (χ0v) is 15.6. The molecule has 1 aliphatic rings. The minimum Gasteiger partial charge on any atom is -0.497 e. The van der Waals surface area contributed by atoms with Gasteiger partial charge >= 0.3 is 0 Å². The Balaban J connectivity index is 0.00000109. The van der Waals surface area contributed by atoms with Gasteiger partial charge in [0.25, 0.3) is 5.79 Å². The van der Waals surface area contributed by atoms with Crippen molar-refractivity contribution in [2.45, 2.75) is 45.7 Å². The van der Waals surface area contributed by atoms with Crippen molar-refractivity contribution in [3.63, 3.8) is 0 Å². The fraction of sp³-hybridized carbons (Fsp3) is 0.364. The van der Waals surface area contributed by atoms with Crippen molar-refractivity contribution in [1.29, 1.82) is 0 Å². The maximum atomic E-state index is 6.11. The molecule has 0 aromatic heterocycles. The summed E-state index contributed by atoms with van der Waals surface area (Å²) < 4.78 is 17.4. The van der Waals surface area contributed by atoms with E-state index in [2.05, 4.69) is 11.8 Å². The lowest BCUT2D eigenvalue weighted by Gasteiger charge is -2.22. The molecule has 0 saturated carbocycles. The quantitative estimate of drug-likeness (QED) is 0.740. The van der Waals surface area contributed by atoms with Crippen LogP contribution in [0.15, 0.2) is 54.6 Å². The van der Waals surface area contributed by atoms with Crippen LogP contribution in [0.5, 0.6) is 5.75 Å². The van der Waals surface area contributed by atoms with Crippen LogP contribution in [-0.4, -0.2) is 19.3 Å². The van der Waals surface area contributed by atoms with Crippen molar-refractivity contribution in [2.75, 3.05) is 7.11 Å². The van der Waals surface area contributed by atoms with Gasteiger partial charge in [0, 0.05) is 11.1 Å². The molecule has 0 bridgehead atoms. The van der Waals surface area contributed by atoms with Crippen LogP contribution in [0.1, 0.15) is 38.8 Å². The van der Waals surface area contributed by atoms with Gasteiger partial charge in [-0.2, -0.15) is 0 Å². The standard InChI is InChI=1S/C20H20O3.C2H6/c1-15-16(2)23-20(22-15,14-13-17-7-5-4-6-8-17)18-9-11-19(21-3)12-10-18;1-2/h4-12,15-16H,1-3H3;1-2H3. The third-order valence-electron chi connectivity index (χ3n) is 3.98. The Morgan fingerprint density at radius 1 is 0.880 bits per heavy atom. The van der Waals surface area contributed by atoms with Gasteiger partial charge in [-0.25, -0.2) is 0 Å². The number of benzene rings is 2. The van der Waals surface area contributed by atoms with Gasteiger partial charge in [0.1, 0.15) is 5.75 Å². The van der Waals surface area contributed by atoms with Crippen LogP contribution >= 0.6 is 0 Å². The van der Waals surface area contributed by atoms with Crippen LogP contribution in [0, 0.1) is 11.8 Å². The van der Waals surface area contributed by atoms with E-state index in [0.29, 0.717) is 0 Å². The lowest BCUT2D eigenvalue weighted by atomic mass is 10.1. The SMILES string of the molecule is CC.COc1ccc(C2(C#Cc3ccccc3)OC(C)C(C)O2)cc1. The summed E-state index contributed by atoms with van der Waals surface area (Å²) in [5, 5.41) is 0. The van der Waals surface area contributed by atoms with Gasteiger partial charge in [-0.1, -0.05) is 38.0 Å². The Morgan fingerprint density at radius 2 is 1.44 bits per heavy atom. The minimum atomic E-state index is -1.04. The summed E-state index contributed by atoms with van der Waals surface area (Å²) in [6, 6.07) is 17.5. The molecule has 2 aromatic rings. The molecule has 1 saturated heterocycles. The van der Waals surface area contributed by atoms with Crippen molar-refractivity contribution in [1.82, 2.24) is 0 Å². The molecule has 0 spiro atoms. The molecule has 1 heterocycles. The van der Waals surface area contributed by atoms with E-state index in [1.54, 1.807) is 7.11 Å². The molecule has 1 fully saturated rings. The summed E-state index contributed by atoms with van der Waals surface area (Å²) in [6.45, 7) is 8.00. The van der Waals surface area contributed by atoms with Gasteiger partial charge in [0.2, 0.25) is 0 Å². The number of methoxy groups -OCH3 is 1. The maximum absolute atomic E-state index is 6.11. The minimum absolute atomic E-state index is 0.0258. The van der Waals surface area contributed by atoms with Gasteiger partial charge < -0.3 is 14.2 Å². The molecule has 0 N–H and O–H groups in total. The second kappa shape index (κ2) is 8.71. The van der Waals surface area contributed by atoms with E-state index in [-0.39, 0.29) is 12.2 Å². The van der Waals surface area contributed by atoms with Crippen molar-refractivity contribution in [2.24, 2.45) is 0 Å². The lowest BCUT2D eigenvalue weighted by Crippen LogP contribution is -2.26. The van der Waals surface area contributed by atoms with Gasteiger partial charge in [-0.15, -0.1) is 0 Å². The van der Waals surface area contributed by atoms with Crippen LogP contribution in [0.25, 0.3) is 0 Å². The molecule has 132 valence electrons. The highest BCUT2D eigenvalue weighted by Crippen LogP contribution is 2.37. The Bertz CT molecular complexity index is 700. The highest BCUT2D eigenvalue weighted by molar-refractivity contribution is 5.40. The molecule has 3 nitrogen and oxygen atoms in total. The molecule has 0 aliphatic carbocycles. The topological polar surface area (TPSA) is 27.7 Å². The third-order valence-corrected chi connectivity index (χ3v) is 3.98. The van der Waals surface area contributed by atoms with E-state index >= 15 is 0 Å². The molecule has 2 aromatic carbocycles. The molecule has 2 atom stereocenters. The normalized spacial score (nSPS) is 24.5. The summed E-state index contributed by atoms with van der Waals surface area (Å²) in [4.78, 5) is 0. The summed E-state index contributed by atoms with van der Waals surface area (Å²) >= 11 is 0. The summed E-state index contributed by atoms with van der Waals surface area (Å²) in [5.41, 5.74) is 1.80. The number of ether oxygens (including phenoxy) is 3. The lowest BCUT2D eigenvalue weighted by molar-refractivity contribution is -0.133. The monoisotopic (exact) mass is 338 g/mol. The van der Waals surface area contributed by atoms with Gasteiger partial charge in [-0.05, 0) is 56.2 Å². The molecule has 0 amide bonds. The van der Waals surface area contributed by atoms with E-state index < -0.39 is 5.79 Å². The van der Waals surface area contributed by atoms with Crippen molar-refractivity contribution >= 4 is 0 Å². The zero-order chi connectivity index (χ0) is 18.3. The molecule has 3 rings (SSSR count). The Morgan fingerprint density at radius 3 is 1.96 bits per heavy atom. The van der Waals surface area contributed by atoms with E-state index in [9.17, 15) is 0 Å². The predicted molar refractivity (Wildman–Crippen MR) is 100 cm³/mol.